The summed E-state index contributed by atoms with van der Waals surface area (Å²) in [7, 11) is -1.36. The Labute approximate surface area is 172 Å². The number of piperidine rings is 1. The molecular formula is C18H23BN6O5. The van der Waals surface area contributed by atoms with Gasteiger partial charge in [0, 0.05) is 0 Å². The van der Waals surface area contributed by atoms with Crippen LogP contribution in [0, 0.1) is 5.92 Å². The number of amides is 1. The van der Waals surface area contributed by atoms with Crippen LogP contribution in [0.3, 0.4) is 0 Å². The molecule has 11 nitrogen and oxygen atoms in total. The molecule has 1 amide bonds. The number of para-hydroxylation sites is 1. The first-order valence-electron chi connectivity index (χ1n) is 9.96. The highest BCUT2D eigenvalue weighted by Crippen LogP contribution is 2.30. The lowest BCUT2D eigenvalue weighted by Crippen LogP contribution is -2.53. The van der Waals surface area contributed by atoms with Gasteiger partial charge >= 0.3 is 13.1 Å². The number of rotatable bonds is 6. The summed E-state index contributed by atoms with van der Waals surface area (Å²) in [6, 6.07) is 4.72. The molecule has 2 aliphatic heterocycles. The number of aromatic nitrogens is 4. The maximum absolute atomic E-state index is 12.4. The molecule has 0 saturated carbocycles. The van der Waals surface area contributed by atoms with E-state index in [-0.39, 0.29) is 30.1 Å². The molecule has 4 rings (SSSR count). The van der Waals surface area contributed by atoms with E-state index in [4.69, 9.17) is 4.65 Å². The zero-order valence-corrected chi connectivity index (χ0v) is 16.3. The van der Waals surface area contributed by atoms with Crippen LogP contribution < -0.4 is 15.3 Å². The molecule has 1 fully saturated rings. The Hall–Kier alpha value is -2.99. The van der Waals surface area contributed by atoms with Gasteiger partial charge in [-0.05, 0) is 55.1 Å². The molecule has 1 aromatic heterocycles. The van der Waals surface area contributed by atoms with Gasteiger partial charge in [0.25, 0.3) is 0 Å². The SMILES string of the molecule is O=C(Cc1nnn(CC2CCNCC2)n1)N[C@H]1Cc2cccc(C(=O)O)c2OB1O. The van der Waals surface area contributed by atoms with Gasteiger partial charge in [0.2, 0.25) is 5.91 Å². The van der Waals surface area contributed by atoms with E-state index in [0.29, 0.717) is 23.9 Å². The molecule has 158 valence electrons. The molecule has 1 saturated heterocycles. The van der Waals surface area contributed by atoms with Crippen molar-refractivity contribution in [3.63, 3.8) is 0 Å². The van der Waals surface area contributed by atoms with Gasteiger partial charge in [0.15, 0.2) is 5.82 Å². The highest BCUT2D eigenvalue weighted by atomic mass is 16.5. The predicted octanol–water partition coefficient (Wildman–Crippen LogP) is -0.947. The fourth-order valence-electron chi connectivity index (χ4n) is 3.84. The number of fused-ring (bicyclic) bond motifs is 1. The van der Waals surface area contributed by atoms with Crippen LogP contribution in [0.2, 0.25) is 0 Å². The smallest absolute Gasteiger partial charge is 0.534 e. The maximum atomic E-state index is 12.4. The first-order valence-corrected chi connectivity index (χ1v) is 9.96. The first-order chi connectivity index (χ1) is 14.5. The predicted molar refractivity (Wildman–Crippen MR) is 105 cm³/mol. The molecule has 12 heteroatoms. The topological polar surface area (TPSA) is 151 Å². The molecule has 0 bridgehead atoms. The second kappa shape index (κ2) is 8.80. The summed E-state index contributed by atoms with van der Waals surface area (Å²) >= 11 is 0. The van der Waals surface area contributed by atoms with Gasteiger partial charge in [-0.25, -0.2) is 4.79 Å². The Kier molecular flexibility index (Phi) is 5.95. The number of carboxylic acids is 1. The quantitative estimate of drug-likeness (QED) is 0.439. The van der Waals surface area contributed by atoms with Gasteiger partial charge in [-0.2, -0.15) is 4.80 Å². The lowest BCUT2D eigenvalue weighted by Gasteiger charge is -2.28. The fraction of sp³-hybridized carbons (Fsp3) is 0.500. The van der Waals surface area contributed by atoms with Crippen LogP contribution >= 0.6 is 0 Å². The van der Waals surface area contributed by atoms with Gasteiger partial charge in [-0.15, -0.1) is 10.2 Å². The molecule has 0 aliphatic carbocycles. The number of carbonyl (C=O) groups excluding carboxylic acids is 1. The van der Waals surface area contributed by atoms with E-state index < -0.39 is 19.0 Å². The first kappa shape index (κ1) is 20.3. The largest absolute Gasteiger partial charge is 0.547 e. The molecular weight excluding hydrogens is 391 g/mol. The molecule has 0 radical (unpaired) electrons. The summed E-state index contributed by atoms with van der Waals surface area (Å²) in [4.78, 5) is 25.3. The van der Waals surface area contributed by atoms with Gasteiger partial charge in [0.1, 0.15) is 5.75 Å². The van der Waals surface area contributed by atoms with Crippen LogP contribution in [-0.4, -0.2) is 68.4 Å². The molecule has 2 aromatic rings. The lowest BCUT2D eigenvalue weighted by molar-refractivity contribution is -0.121. The average molecular weight is 414 g/mol. The second-order valence-corrected chi connectivity index (χ2v) is 7.62. The number of tetrazole rings is 1. The van der Waals surface area contributed by atoms with E-state index in [0.717, 1.165) is 25.9 Å². The number of benzene rings is 1. The van der Waals surface area contributed by atoms with E-state index in [1.807, 2.05) is 0 Å². The van der Waals surface area contributed by atoms with Crippen LogP contribution in [-0.2, 0) is 24.2 Å². The summed E-state index contributed by atoms with van der Waals surface area (Å²) in [5.74, 6) is -1.29. The molecule has 1 atom stereocenters. The highest BCUT2D eigenvalue weighted by Gasteiger charge is 2.37. The van der Waals surface area contributed by atoms with Crippen LogP contribution in [0.4, 0.5) is 0 Å². The van der Waals surface area contributed by atoms with Crippen molar-refractivity contribution < 1.29 is 24.4 Å². The minimum atomic E-state index is -1.36. The van der Waals surface area contributed by atoms with Crippen molar-refractivity contribution in [3.8, 4) is 5.75 Å². The normalized spacial score (nSPS) is 19.1. The number of hydrogen-bond acceptors (Lipinski definition) is 8. The van der Waals surface area contributed by atoms with E-state index in [2.05, 4.69) is 26.0 Å². The highest BCUT2D eigenvalue weighted by molar-refractivity contribution is 6.47. The number of carboxylic acid groups (broad SMARTS) is 1. The zero-order chi connectivity index (χ0) is 21.1. The van der Waals surface area contributed by atoms with Crippen molar-refractivity contribution in [2.75, 3.05) is 13.1 Å². The zero-order valence-electron chi connectivity index (χ0n) is 16.3. The summed E-state index contributed by atoms with van der Waals surface area (Å²) < 4.78 is 5.38. The summed E-state index contributed by atoms with van der Waals surface area (Å²) in [6.45, 7) is 2.64. The minimum absolute atomic E-state index is 0.0223. The van der Waals surface area contributed by atoms with Crippen LogP contribution in [0.5, 0.6) is 5.75 Å². The fourth-order valence-corrected chi connectivity index (χ4v) is 3.84. The third-order valence-electron chi connectivity index (χ3n) is 5.39. The molecule has 3 heterocycles. The second-order valence-electron chi connectivity index (χ2n) is 7.62. The molecule has 2 aliphatic rings. The minimum Gasteiger partial charge on any atom is -0.534 e. The number of carbonyl (C=O) groups is 2. The molecule has 30 heavy (non-hydrogen) atoms. The van der Waals surface area contributed by atoms with Crippen molar-refractivity contribution in [1.29, 1.82) is 0 Å². The van der Waals surface area contributed by atoms with Crippen molar-refractivity contribution in [2.24, 2.45) is 5.92 Å². The standard InChI is InChI=1S/C18H23BN6O5/c26-16(9-15-22-24-25(23-15)10-11-4-6-20-7-5-11)21-14-8-12-2-1-3-13(18(27)28)17(12)30-19(14)29/h1-3,11,14,20,29H,4-10H2,(H,21,26)(H,27,28)/t14-/m0/s1. The van der Waals surface area contributed by atoms with Crippen LogP contribution in [0.15, 0.2) is 18.2 Å². The molecule has 0 spiro atoms. The van der Waals surface area contributed by atoms with Gasteiger partial charge < -0.3 is 25.4 Å². The van der Waals surface area contributed by atoms with Crippen molar-refractivity contribution >= 4 is 19.0 Å². The van der Waals surface area contributed by atoms with Gasteiger partial charge in [0.05, 0.1) is 24.5 Å². The Balaban J connectivity index is 1.34. The maximum Gasteiger partial charge on any atom is 0.547 e. The van der Waals surface area contributed by atoms with Gasteiger partial charge in [-0.1, -0.05) is 12.1 Å². The summed E-state index contributed by atoms with van der Waals surface area (Å²) in [5.41, 5.74) is 0.586. The van der Waals surface area contributed by atoms with Crippen molar-refractivity contribution in [3.05, 3.63) is 35.2 Å². The Morgan fingerprint density at radius 2 is 2.13 bits per heavy atom. The van der Waals surface area contributed by atoms with E-state index in [1.54, 1.807) is 12.1 Å². The van der Waals surface area contributed by atoms with E-state index >= 15 is 0 Å². The number of nitrogens with zero attached hydrogens (tertiary/aromatic N) is 4. The Morgan fingerprint density at radius 3 is 2.90 bits per heavy atom. The Bertz CT molecular complexity index is 932. The third-order valence-corrected chi connectivity index (χ3v) is 5.39. The number of hydrogen-bond donors (Lipinski definition) is 4. The molecule has 1 aromatic carbocycles. The third kappa shape index (κ3) is 4.60. The molecule has 4 N–H and O–H groups in total. The number of aromatic carboxylic acids is 1. The van der Waals surface area contributed by atoms with Crippen LogP contribution in [0.25, 0.3) is 0 Å². The van der Waals surface area contributed by atoms with Crippen molar-refractivity contribution in [1.82, 2.24) is 30.8 Å². The van der Waals surface area contributed by atoms with E-state index in [9.17, 15) is 19.7 Å². The average Bonchev–Trinajstić information content (AvgIpc) is 3.15. The van der Waals surface area contributed by atoms with E-state index in [1.165, 1.54) is 10.9 Å². The molecule has 0 unspecified atom stereocenters. The van der Waals surface area contributed by atoms with Gasteiger partial charge in [-0.3, -0.25) is 4.79 Å². The van der Waals surface area contributed by atoms with Crippen LogP contribution in [0.1, 0.15) is 34.6 Å². The monoisotopic (exact) mass is 414 g/mol. The number of nitrogens with one attached hydrogen (secondary N) is 2. The lowest BCUT2D eigenvalue weighted by atomic mass is 9.72. The Morgan fingerprint density at radius 1 is 1.33 bits per heavy atom. The van der Waals surface area contributed by atoms with Crippen molar-refractivity contribution in [2.45, 2.75) is 38.2 Å². The summed E-state index contributed by atoms with van der Waals surface area (Å²) in [6.07, 6.45) is 2.29. The summed E-state index contributed by atoms with van der Waals surface area (Å²) in [5, 5.41) is 37.8.